The number of β-amino-alcohol motifs (C(OH)–C–C–N with tert-alkyl or cyclic N) is 1. The smallest absolute Gasteiger partial charge is 0.433 e. The first-order chi connectivity index (χ1) is 12.7. The van der Waals surface area contributed by atoms with Gasteiger partial charge in [0.1, 0.15) is 11.9 Å². The molecule has 0 bridgehead atoms. The maximum Gasteiger partial charge on any atom is 0.433 e. The van der Waals surface area contributed by atoms with Crippen LogP contribution in [-0.4, -0.2) is 58.9 Å². The average molecular weight is 386 g/mol. The number of aliphatic hydroxyl groups is 1. The van der Waals surface area contributed by atoms with Gasteiger partial charge in [0.2, 0.25) is 5.95 Å². The molecular formula is C17H21F3N4O3. The van der Waals surface area contributed by atoms with Gasteiger partial charge < -0.3 is 19.6 Å². The molecule has 4 rings (SSSR count). The topological polar surface area (TPSA) is 78.8 Å². The zero-order chi connectivity index (χ0) is 19.5. The van der Waals surface area contributed by atoms with Crippen molar-refractivity contribution in [3.63, 3.8) is 0 Å². The van der Waals surface area contributed by atoms with Gasteiger partial charge in [-0.05, 0) is 6.92 Å². The quantitative estimate of drug-likeness (QED) is 0.785. The molecule has 1 aromatic rings. The van der Waals surface area contributed by atoms with Gasteiger partial charge in [-0.1, -0.05) is 6.92 Å². The number of rotatable bonds is 4. The highest BCUT2D eigenvalue weighted by molar-refractivity contribution is 5.69. The van der Waals surface area contributed by atoms with E-state index < -0.39 is 18.0 Å². The Labute approximate surface area is 154 Å². The number of carbonyl (C=O) groups excluding carboxylic acids is 1. The van der Waals surface area contributed by atoms with Crippen LogP contribution in [0.5, 0.6) is 0 Å². The number of esters is 1. The number of aromatic nitrogens is 2. The molecule has 1 saturated carbocycles. The van der Waals surface area contributed by atoms with Crippen LogP contribution < -0.4 is 9.80 Å². The summed E-state index contributed by atoms with van der Waals surface area (Å²) in [5.41, 5.74) is -0.995. The molecule has 7 nitrogen and oxygen atoms in total. The monoisotopic (exact) mass is 386 g/mol. The predicted octanol–water partition coefficient (Wildman–Crippen LogP) is 1.45. The largest absolute Gasteiger partial charge is 0.462 e. The maximum atomic E-state index is 13.3. The van der Waals surface area contributed by atoms with Crippen molar-refractivity contribution in [2.24, 2.45) is 11.8 Å². The summed E-state index contributed by atoms with van der Waals surface area (Å²) in [4.78, 5) is 22.7. The number of piperidine rings is 1. The molecule has 1 aromatic heterocycles. The molecule has 2 aliphatic heterocycles. The molecule has 10 heteroatoms. The van der Waals surface area contributed by atoms with E-state index in [-0.39, 0.29) is 48.3 Å². The van der Waals surface area contributed by atoms with Crippen LogP contribution in [0.15, 0.2) is 6.07 Å². The molecule has 27 heavy (non-hydrogen) atoms. The number of ether oxygens (including phenoxy) is 1. The fraction of sp³-hybridized carbons (Fsp3) is 0.706. The number of hydrogen-bond donors (Lipinski definition) is 1. The summed E-state index contributed by atoms with van der Waals surface area (Å²) in [6.07, 6.45) is -5.01. The highest BCUT2D eigenvalue weighted by Gasteiger charge is 2.59. The predicted molar refractivity (Wildman–Crippen MR) is 89.2 cm³/mol. The van der Waals surface area contributed by atoms with E-state index in [1.54, 1.807) is 23.6 Å². The first kappa shape index (κ1) is 18.3. The van der Waals surface area contributed by atoms with Crippen LogP contribution in [0.1, 0.15) is 26.0 Å². The van der Waals surface area contributed by atoms with Crippen LogP contribution in [0.2, 0.25) is 0 Å². The highest BCUT2D eigenvalue weighted by Crippen LogP contribution is 2.49. The van der Waals surface area contributed by atoms with E-state index in [9.17, 15) is 23.1 Å². The highest BCUT2D eigenvalue weighted by atomic mass is 19.4. The molecule has 2 unspecified atom stereocenters. The average Bonchev–Trinajstić information content (AvgIpc) is 3.05. The number of carbonyl (C=O) groups is 1. The second-order valence-corrected chi connectivity index (χ2v) is 7.41. The molecule has 0 spiro atoms. The summed E-state index contributed by atoms with van der Waals surface area (Å²) in [5.74, 6) is 0.215. The Morgan fingerprint density at radius 1 is 1.30 bits per heavy atom. The van der Waals surface area contributed by atoms with E-state index in [1.165, 1.54) is 0 Å². The third kappa shape index (κ3) is 3.19. The van der Waals surface area contributed by atoms with Gasteiger partial charge in [-0.15, -0.1) is 0 Å². The van der Waals surface area contributed by atoms with Crippen molar-refractivity contribution in [1.29, 1.82) is 0 Å². The van der Waals surface area contributed by atoms with E-state index in [2.05, 4.69) is 9.97 Å². The van der Waals surface area contributed by atoms with Crippen LogP contribution in [0.3, 0.4) is 0 Å². The van der Waals surface area contributed by atoms with Crippen molar-refractivity contribution in [2.75, 3.05) is 29.4 Å². The van der Waals surface area contributed by atoms with Gasteiger partial charge in [0.15, 0.2) is 5.69 Å². The first-order valence-electron chi connectivity index (χ1n) is 9.04. The fourth-order valence-corrected chi connectivity index (χ4v) is 3.78. The Morgan fingerprint density at radius 3 is 2.48 bits per heavy atom. The molecule has 1 N–H and O–H groups in total. The third-order valence-corrected chi connectivity index (χ3v) is 5.68. The molecule has 3 aliphatic rings. The summed E-state index contributed by atoms with van der Waals surface area (Å²) in [6, 6.07) is 0.633. The molecule has 3 heterocycles. The van der Waals surface area contributed by atoms with Crippen LogP contribution in [0.25, 0.3) is 0 Å². The standard InChI is InChI=1S/C17H21F3N4O3/c1-3-14(26)27-15-9-5-23(6-10(9)15)13-4-12(17(18,19)20)21-16(22-13)24-7-11(25)8(24)2/h4,8-11,15,25H,3,5-7H2,1-2H3/t8-,9?,10?,11+,15?/m0/s1. The second-order valence-electron chi connectivity index (χ2n) is 7.41. The van der Waals surface area contributed by atoms with Crippen LogP contribution >= 0.6 is 0 Å². The number of nitrogens with zero attached hydrogens (tertiary/aromatic N) is 4. The van der Waals surface area contributed by atoms with Gasteiger partial charge in [0, 0.05) is 44.0 Å². The Bertz CT molecular complexity index is 747. The van der Waals surface area contributed by atoms with E-state index >= 15 is 0 Å². The van der Waals surface area contributed by atoms with Crippen molar-refractivity contribution in [3.05, 3.63) is 11.8 Å². The Hall–Kier alpha value is -2.10. The summed E-state index contributed by atoms with van der Waals surface area (Å²) in [5, 5.41) is 9.65. The van der Waals surface area contributed by atoms with Gasteiger partial charge in [0.05, 0.1) is 12.1 Å². The minimum Gasteiger partial charge on any atom is -0.462 e. The zero-order valence-corrected chi connectivity index (χ0v) is 15.0. The summed E-state index contributed by atoms with van der Waals surface area (Å²) < 4.78 is 45.2. The number of halogens is 3. The summed E-state index contributed by atoms with van der Waals surface area (Å²) >= 11 is 0. The number of fused-ring (bicyclic) bond motifs is 1. The normalized spacial score (nSPS) is 32.1. The van der Waals surface area contributed by atoms with E-state index in [1.807, 2.05) is 0 Å². The number of alkyl halides is 3. The summed E-state index contributed by atoms with van der Waals surface area (Å²) in [6.45, 7) is 4.65. The number of hydrogen-bond acceptors (Lipinski definition) is 7. The molecular weight excluding hydrogens is 365 g/mol. The molecule has 3 fully saturated rings. The first-order valence-corrected chi connectivity index (χ1v) is 9.04. The SMILES string of the molecule is CCC(=O)OC1C2CN(c3cc(C(F)(F)F)nc(N4C[C@@H](O)[C@@H]4C)n3)CC21. The minimum absolute atomic E-state index is 0.0211. The van der Waals surface area contributed by atoms with Crippen LogP contribution in [-0.2, 0) is 15.7 Å². The van der Waals surface area contributed by atoms with Crippen molar-refractivity contribution in [1.82, 2.24) is 9.97 Å². The van der Waals surface area contributed by atoms with Gasteiger partial charge >= 0.3 is 12.1 Å². The lowest BCUT2D eigenvalue weighted by atomic mass is 10.0. The van der Waals surface area contributed by atoms with Crippen molar-refractivity contribution < 1.29 is 27.8 Å². The molecule has 2 saturated heterocycles. The lowest BCUT2D eigenvalue weighted by molar-refractivity contribution is -0.145. The Morgan fingerprint density at radius 2 is 1.96 bits per heavy atom. The van der Waals surface area contributed by atoms with E-state index in [4.69, 9.17) is 4.74 Å². The van der Waals surface area contributed by atoms with Gasteiger partial charge in [-0.25, -0.2) is 4.98 Å². The molecule has 1 aliphatic carbocycles. The van der Waals surface area contributed by atoms with Crippen LogP contribution in [0, 0.1) is 11.8 Å². The van der Waals surface area contributed by atoms with Crippen molar-refractivity contribution >= 4 is 17.7 Å². The molecule has 0 amide bonds. The summed E-state index contributed by atoms with van der Waals surface area (Å²) in [7, 11) is 0. The third-order valence-electron chi connectivity index (χ3n) is 5.68. The second kappa shape index (κ2) is 6.22. The van der Waals surface area contributed by atoms with Crippen LogP contribution in [0.4, 0.5) is 24.9 Å². The zero-order valence-electron chi connectivity index (χ0n) is 15.0. The lowest BCUT2D eigenvalue weighted by Gasteiger charge is -2.43. The molecule has 4 atom stereocenters. The Kier molecular flexibility index (Phi) is 4.21. The molecule has 148 valence electrons. The number of aliphatic hydroxyl groups excluding tert-OH is 1. The van der Waals surface area contributed by atoms with Gasteiger partial charge in [0.25, 0.3) is 0 Å². The van der Waals surface area contributed by atoms with Crippen molar-refractivity contribution in [2.45, 2.75) is 44.7 Å². The van der Waals surface area contributed by atoms with E-state index in [0.29, 0.717) is 19.5 Å². The van der Waals surface area contributed by atoms with E-state index in [0.717, 1.165) is 6.07 Å². The molecule has 0 radical (unpaired) electrons. The van der Waals surface area contributed by atoms with Gasteiger partial charge in [-0.3, -0.25) is 4.79 Å². The Balaban J connectivity index is 1.53. The number of anilines is 2. The lowest BCUT2D eigenvalue weighted by Crippen LogP contribution is -2.59. The van der Waals surface area contributed by atoms with Gasteiger partial charge in [-0.2, -0.15) is 18.2 Å². The van der Waals surface area contributed by atoms with Crippen molar-refractivity contribution in [3.8, 4) is 0 Å². The fourth-order valence-electron chi connectivity index (χ4n) is 3.78. The minimum atomic E-state index is -4.58. The maximum absolute atomic E-state index is 13.3. The molecule has 0 aromatic carbocycles.